The van der Waals surface area contributed by atoms with E-state index >= 15 is 0 Å². The van der Waals surface area contributed by atoms with Gasteiger partial charge in [-0.1, -0.05) is 0 Å². The van der Waals surface area contributed by atoms with E-state index in [4.69, 9.17) is 4.74 Å². The van der Waals surface area contributed by atoms with Gasteiger partial charge in [0.2, 0.25) is 5.88 Å². The number of hydrogen-bond acceptors (Lipinski definition) is 3. The van der Waals surface area contributed by atoms with E-state index in [1.165, 1.54) is 24.5 Å². The second-order valence-corrected chi connectivity index (χ2v) is 4.52. The Bertz CT molecular complexity index is 522. The van der Waals surface area contributed by atoms with Gasteiger partial charge in [0.1, 0.15) is 22.5 Å². The molecule has 0 atom stereocenters. The number of nitrogens with zero attached hydrogens (tertiary/aromatic N) is 2. The number of benzene rings is 1. The third kappa shape index (κ3) is 2.76. The molecule has 0 saturated carbocycles. The molecule has 1 aromatic carbocycles. The Morgan fingerprint density at radius 2 is 1.94 bits per heavy atom. The summed E-state index contributed by atoms with van der Waals surface area (Å²) in [6, 6.07) is 5.99. The van der Waals surface area contributed by atoms with E-state index < -0.39 is 0 Å². The Morgan fingerprint density at radius 1 is 1.12 bits per heavy atom. The standard InChI is InChI=1S/C10H5Br2FN2O/c11-7-3-6(1-2-8(7)13)16-10-4-9(12)14-5-15-10/h1-5H. The van der Waals surface area contributed by atoms with Gasteiger partial charge in [-0.3, -0.25) is 0 Å². The molecule has 0 aliphatic carbocycles. The van der Waals surface area contributed by atoms with Crippen LogP contribution in [0.3, 0.4) is 0 Å². The minimum Gasteiger partial charge on any atom is -0.439 e. The van der Waals surface area contributed by atoms with Crippen molar-refractivity contribution in [2.24, 2.45) is 0 Å². The first-order chi connectivity index (χ1) is 7.65. The van der Waals surface area contributed by atoms with Crippen LogP contribution >= 0.6 is 31.9 Å². The monoisotopic (exact) mass is 346 g/mol. The molecule has 82 valence electrons. The molecule has 0 radical (unpaired) electrons. The van der Waals surface area contributed by atoms with Crippen molar-refractivity contribution in [3.8, 4) is 11.6 Å². The summed E-state index contributed by atoms with van der Waals surface area (Å²) >= 11 is 6.28. The lowest BCUT2D eigenvalue weighted by Gasteiger charge is -2.04. The van der Waals surface area contributed by atoms with E-state index in [0.29, 0.717) is 20.7 Å². The largest absolute Gasteiger partial charge is 0.439 e. The molecule has 0 fully saturated rings. The SMILES string of the molecule is Fc1ccc(Oc2cc(Br)ncn2)cc1Br. The molecule has 2 aromatic rings. The highest BCUT2D eigenvalue weighted by molar-refractivity contribution is 9.10. The van der Waals surface area contributed by atoms with E-state index in [-0.39, 0.29) is 5.82 Å². The summed E-state index contributed by atoms with van der Waals surface area (Å²) in [6.07, 6.45) is 1.37. The van der Waals surface area contributed by atoms with Crippen LogP contribution in [0.15, 0.2) is 39.7 Å². The van der Waals surface area contributed by atoms with Gasteiger partial charge in [-0.25, -0.2) is 14.4 Å². The Hall–Kier alpha value is -1.01. The molecule has 0 unspecified atom stereocenters. The number of aromatic nitrogens is 2. The predicted octanol–water partition coefficient (Wildman–Crippen LogP) is 3.93. The number of hydrogen-bond donors (Lipinski definition) is 0. The van der Waals surface area contributed by atoms with Crippen molar-refractivity contribution in [1.82, 2.24) is 9.97 Å². The van der Waals surface area contributed by atoms with Gasteiger partial charge in [0, 0.05) is 6.07 Å². The lowest BCUT2D eigenvalue weighted by molar-refractivity contribution is 0.458. The summed E-state index contributed by atoms with van der Waals surface area (Å²) in [7, 11) is 0. The number of halogens is 3. The van der Waals surface area contributed by atoms with Gasteiger partial charge in [0.15, 0.2) is 0 Å². The first kappa shape index (κ1) is 11.5. The average Bonchev–Trinajstić information content (AvgIpc) is 2.24. The Balaban J connectivity index is 2.24. The second-order valence-electron chi connectivity index (χ2n) is 2.86. The minimum absolute atomic E-state index is 0.337. The zero-order valence-corrected chi connectivity index (χ0v) is 11.0. The van der Waals surface area contributed by atoms with Crippen LogP contribution in [-0.2, 0) is 0 Å². The smallest absolute Gasteiger partial charge is 0.223 e. The maximum absolute atomic E-state index is 13.0. The molecule has 0 saturated heterocycles. The maximum atomic E-state index is 13.0. The molecule has 0 spiro atoms. The number of rotatable bonds is 2. The summed E-state index contributed by atoms with van der Waals surface area (Å²) in [5.41, 5.74) is 0. The molecule has 16 heavy (non-hydrogen) atoms. The molecule has 1 aromatic heterocycles. The van der Waals surface area contributed by atoms with E-state index in [1.54, 1.807) is 6.07 Å². The van der Waals surface area contributed by atoms with Crippen molar-refractivity contribution >= 4 is 31.9 Å². The molecule has 2 rings (SSSR count). The summed E-state index contributed by atoms with van der Waals surface area (Å²) < 4.78 is 19.4. The zero-order valence-electron chi connectivity index (χ0n) is 7.82. The molecule has 0 bridgehead atoms. The maximum Gasteiger partial charge on any atom is 0.223 e. The Kier molecular flexibility index (Phi) is 3.50. The Labute approximate surface area is 108 Å². The van der Waals surface area contributed by atoms with Gasteiger partial charge in [-0.2, -0.15) is 0 Å². The van der Waals surface area contributed by atoms with Crippen LogP contribution in [0.4, 0.5) is 4.39 Å². The van der Waals surface area contributed by atoms with Gasteiger partial charge < -0.3 is 4.74 Å². The van der Waals surface area contributed by atoms with Gasteiger partial charge in [0.25, 0.3) is 0 Å². The van der Waals surface area contributed by atoms with Crippen molar-refractivity contribution < 1.29 is 9.13 Å². The molecule has 3 nitrogen and oxygen atoms in total. The molecule has 0 N–H and O–H groups in total. The van der Waals surface area contributed by atoms with Crippen LogP contribution in [0, 0.1) is 5.82 Å². The van der Waals surface area contributed by atoms with Crippen LogP contribution in [0.25, 0.3) is 0 Å². The van der Waals surface area contributed by atoms with Gasteiger partial charge >= 0.3 is 0 Å². The van der Waals surface area contributed by atoms with Crippen LogP contribution in [0.5, 0.6) is 11.6 Å². The van der Waals surface area contributed by atoms with Crippen LogP contribution < -0.4 is 4.74 Å². The highest BCUT2D eigenvalue weighted by atomic mass is 79.9. The normalized spacial score (nSPS) is 10.2. The number of ether oxygens (including phenoxy) is 1. The Morgan fingerprint density at radius 3 is 2.62 bits per heavy atom. The summed E-state index contributed by atoms with van der Waals surface area (Å²) in [6.45, 7) is 0. The van der Waals surface area contributed by atoms with Crippen LogP contribution in [0.1, 0.15) is 0 Å². The van der Waals surface area contributed by atoms with Crippen molar-refractivity contribution in [1.29, 1.82) is 0 Å². The van der Waals surface area contributed by atoms with Crippen LogP contribution in [-0.4, -0.2) is 9.97 Å². The lowest BCUT2D eigenvalue weighted by Crippen LogP contribution is -1.89. The molecular formula is C10H5Br2FN2O. The highest BCUT2D eigenvalue weighted by Crippen LogP contribution is 2.25. The van der Waals surface area contributed by atoms with Crippen LogP contribution in [0.2, 0.25) is 0 Å². The fourth-order valence-electron chi connectivity index (χ4n) is 1.03. The molecule has 0 aliphatic rings. The van der Waals surface area contributed by atoms with Gasteiger partial charge in [-0.05, 0) is 50.1 Å². The van der Waals surface area contributed by atoms with Crippen molar-refractivity contribution in [2.45, 2.75) is 0 Å². The summed E-state index contributed by atoms with van der Waals surface area (Å²) in [4.78, 5) is 7.78. The minimum atomic E-state index is -0.337. The molecular weight excluding hydrogens is 343 g/mol. The fourth-order valence-corrected chi connectivity index (χ4v) is 1.68. The molecule has 1 heterocycles. The zero-order chi connectivity index (χ0) is 11.5. The fraction of sp³-hybridized carbons (Fsp3) is 0. The quantitative estimate of drug-likeness (QED) is 0.772. The van der Waals surface area contributed by atoms with Crippen molar-refractivity contribution in [2.75, 3.05) is 0 Å². The van der Waals surface area contributed by atoms with Gasteiger partial charge in [-0.15, -0.1) is 0 Å². The molecule has 0 amide bonds. The second kappa shape index (κ2) is 4.88. The van der Waals surface area contributed by atoms with Gasteiger partial charge in [0.05, 0.1) is 4.47 Å². The van der Waals surface area contributed by atoms with Crippen molar-refractivity contribution in [3.05, 3.63) is 45.5 Å². The predicted molar refractivity (Wildman–Crippen MR) is 63.9 cm³/mol. The van der Waals surface area contributed by atoms with Crippen molar-refractivity contribution in [3.63, 3.8) is 0 Å². The van der Waals surface area contributed by atoms with E-state index in [9.17, 15) is 4.39 Å². The lowest BCUT2D eigenvalue weighted by atomic mass is 10.3. The van der Waals surface area contributed by atoms with E-state index in [1.807, 2.05) is 0 Å². The first-order valence-corrected chi connectivity index (χ1v) is 5.84. The molecule has 0 aliphatic heterocycles. The van der Waals surface area contributed by atoms with E-state index in [0.717, 1.165) is 0 Å². The topological polar surface area (TPSA) is 35.0 Å². The third-order valence-corrected chi connectivity index (χ3v) is 2.76. The third-order valence-electron chi connectivity index (χ3n) is 1.72. The summed E-state index contributed by atoms with van der Waals surface area (Å²) in [5, 5.41) is 0. The van der Waals surface area contributed by atoms with E-state index in [2.05, 4.69) is 41.8 Å². The highest BCUT2D eigenvalue weighted by Gasteiger charge is 2.03. The first-order valence-electron chi connectivity index (χ1n) is 4.25. The average molecular weight is 348 g/mol. The summed E-state index contributed by atoms with van der Waals surface area (Å²) in [5.74, 6) is 0.551. The molecule has 6 heteroatoms.